The average Bonchev–Trinajstić information content (AvgIpc) is 2.69. The molecule has 220 valence electrons. The standard InChI is InChI=1S/C16H14F17NO3/c1-34(7-5-3-2-4-6-7)8(35)9(17,12(21,22)23)36-16(32,33)11(20,14(27,28)29)37-15(30,31)10(18,19)13(24,25)26/h7H,2-6H2,1H3/t9-,11-/m0/s1. The SMILES string of the molecule is CN(C(=O)[C@](F)(OC(F)(F)[C@@](F)(OC(F)(F)C(F)(F)C(F)(F)F)C(F)(F)F)C(F)(F)F)C1CCCCC1. The Labute approximate surface area is 194 Å². The van der Waals surface area contributed by atoms with Crippen LogP contribution in [0.25, 0.3) is 0 Å². The summed E-state index contributed by atoms with van der Waals surface area (Å²) in [7, 11) is 0.334. The van der Waals surface area contributed by atoms with Crippen molar-refractivity contribution in [1.82, 2.24) is 4.90 Å². The van der Waals surface area contributed by atoms with Crippen LogP contribution < -0.4 is 0 Å². The van der Waals surface area contributed by atoms with Gasteiger partial charge in [-0.15, -0.1) is 0 Å². The predicted molar refractivity (Wildman–Crippen MR) is 82.5 cm³/mol. The minimum Gasteiger partial charge on any atom is -0.337 e. The lowest BCUT2D eigenvalue weighted by molar-refractivity contribution is -0.548. The maximum Gasteiger partial charge on any atom is 0.462 e. The minimum atomic E-state index is -8.01. The third-order valence-electron chi connectivity index (χ3n) is 5.08. The summed E-state index contributed by atoms with van der Waals surface area (Å²) in [5.41, 5.74) is 0. The van der Waals surface area contributed by atoms with Gasteiger partial charge in [0.05, 0.1) is 0 Å². The summed E-state index contributed by atoms with van der Waals surface area (Å²) in [4.78, 5) is 11.8. The highest BCUT2D eigenvalue weighted by Crippen LogP contribution is 2.56. The zero-order valence-corrected chi connectivity index (χ0v) is 17.7. The van der Waals surface area contributed by atoms with Crippen LogP contribution in [0.3, 0.4) is 0 Å². The summed E-state index contributed by atoms with van der Waals surface area (Å²) in [6.07, 6.45) is -37.9. The molecule has 0 spiro atoms. The molecule has 21 heteroatoms. The largest absolute Gasteiger partial charge is 0.462 e. The van der Waals surface area contributed by atoms with E-state index in [4.69, 9.17) is 0 Å². The first-order valence-corrected chi connectivity index (χ1v) is 9.48. The lowest BCUT2D eigenvalue weighted by Gasteiger charge is -2.41. The van der Waals surface area contributed by atoms with Gasteiger partial charge in [0.1, 0.15) is 0 Å². The second-order valence-electron chi connectivity index (χ2n) is 7.70. The van der Waals surface area contributed by atoms with Crippen LogP contribution in [0.15, 0.2) is 0 Å². The number of likely N-dealkylation sites (N-methyl/N-ethyl adjacent to an activating group) is 1. The number of halogens is 17. The third kappa shape index (κ3) is 5.95. The molecule has 37 heavy (non-hydrogen) atoms. The van der Waals surface area contributed by atoms with Crippen LogP contribution in [0.5, 0.6) is 0 Å². The van der Waals surface area contributed by atoms with Gasteiger partial charge in [0, 0.05) is 13.1 Å². The number of amides is 1. The molecular formula is C16H14F17NO3. The van der Waals surface area contributed by atoms with Crippen molar-refractivity contribution in [2.75, 3.05) is 7.05 Å². The van der Waals surface area contributed by atoms with Gasteiger partial charge in [0.25, 0.3) is 5.91 Å². The summed E-state index contributed by atoms with van der Waals surface area (Å²) in [6.45, 7) is 0. The first kappa shape index (κ1) is 33.2. The van der Waals surface area contributed by atoms with Gasteiger partial charge in [0.15, 0.2) is 0 Å². The Kier molecular flexibility index (Phi) is 8.75. The molecule has 4 nitrogen and oxygen atoms in total. The van der Waals surface area contributed by atoms with Crippen molar-refractivity contribution in [2.24, 2.45) is 0 Å². The van der Waals surface area contributed by atoms with Gasteiger partial charge < -0.3 is 4.90 Å². The fourth-order valence-electron chi connectivity index (χ4n) is 3.01. The van der Waals surface area contributed by atoms with E-state index in [0.29, 0.717) is 13.5 Å². The van der Waals surface area contributed by atoms with Crippen molar-refractivity contribution in [3.63, 3.8) is 0 Å². The molecule has 0 bridgehead atoms. The molecule has 1 saturated carbocycles. The fourth-order valence-corrected chi connectivity index (χ4v) is 3.01. The van der Waals surface area contributed by atoms with Crippen molar-refractivity contribution < 1.29 is 88.9 Å². The zero-order chi connectivity index (χ0) is 29.7. The highest BCUT2D eigenvalue weighted by atomic mass is 19.4. The molecule has 0 aliphatic heterocycles. The van der Waals surface area contributed by atoms with E-state index in [0.717, 1.165) is 0 Å². The topological polar surface area (TPSA) is 38.8 Å². The van der Waals surface area contributed by atoms with Crippen LogP contribution in [0, 0.1) is 0 Å². The molecule has 1 fully saturated rings. The number of carbonyl (C=O) groups is 1. The van der Waals surface area contributed by atoms with Gasteiger partial charge in [-0.05, 0) is 12.8 Å². The molecule has 0 aromatic heterocycles. The van der Waals surface area contributed by atoms with E-state index >= 15 is 0 Å². The lowest BCUT2D eigenvalue weighted by atomic mass is 9.94. The zero-order valence-electron chi connectivity index (χ0n) is 17.7. The Morgan fingerprint density at radius 1 is 0.622 bits per heavy atom. The Bertz CT molecular complexity index is 817. The number of rotatable bonds is 8. The van der Waals surface area contributed by atoms with E-state index in [2.05, 4.69) is 4.74 Å². The second kappa shape index (κ2) is 9.74. The summed E-state index contributed by atoms with van der Waals surface area (Å²) in [6, 6.07) is -1.36. The molecule has 0 N–H and O–H groups in total. The van der Waals surface area contributed by atoms with E-state index in [-0.39, 0.29) is 30.6 Å². The average molecular weight is 591 g/mol. The van der Waals surface area contributed by atoms with Crippen molar-refractivity contribution in [1.29, 1.82) is 0 Å². The highest BCUT2D eigenvalue weighted by Gasteiger charge is 2.85. The second-order valence-corrected chi connectivity index (χ2v) is 7.70. The van der Waals surface area contributed by atoms with Crippen LogP contribution >= 0.6 is 0 Å². The molecule has 0 aromatic carbocycles. The number of ether oxygens (including phenoxy) is 2. The van der Waals surface area contributed by atoms with E-state index in [9.17, 15) is 79.4 Å². The maximum atomic E-state index is 14.6. The van der Waals surface area contributed by atoms with Gasteiger partial charge in [-0.2, -0.15) is 74.6 Å². The molecule has 0 unspecified atom stereocenters. The Morgan fingerprint density at radius 3 is 1.41 bits per heavy atom. The maximum absolute atomic E-state index is 14.6. The third-order valence-corrected chi connectivity index (χ3v) is 5.08. The molecule has 0 saturated heterocycles. The first-order chi connectivity index (χ1) is 16.1. The summed E-state index contributed by atoms with van der Waals surface area (Å²) < 4.78 is 227. The van der Waals surface area contributed by atoms with Gasteiger partial charge >= 0.3 is 48.4 Å². The molecular weight excluding hydrogens is 577 g/mol. The number of hydrogen-bond donors (Lipinski definition) is 0. The smallest absolute Gasteiger partial charge is 0.337 e. The van der Waals surface area contributed by atoms with Crippen molar-refractivity contribution in [3.8, 4) is 0 Å². The number of nitrogens with zero attached hydrogens (tertiary/aromatic N) is 1. The molecule has 0 heterocycles. The molecule has 2 atom stereocenters. The van der Waals surface area contributed by atoms with Crippen molar-refractivity contribution in [3.05, 3.63) is 0 Å². The van der Waals surface area contributed by atoms with Crippen LogP contribution in [-0.2, 0) is 14.3 Å². The lowest BCUT2D eigenvalue weighted by Crippen LogP contribution is -2.69. The van der Waals surface area contributed by atoms with Crippen molar-refractivity contribution in [2.45, 2.75) is 86.5 Å². The van der Waals surface area contributed by atoms with Crippen LogP contribution in [0.4, 0.5) is 74.6 Å². The summed E-state index contributed by atoms with van der Waals surface area (Å²) in [5.74, 6) is -25.8. The Morgan fingerprint density at radius 2 is 1.05 bits per heavy atom. The van der Waals surface area contributed by atoms with Crippen molar-refractivity contribution >= 4 is 5.91 Å². The number of alkyl halides is 17. The van der Waals surface area contributed by atoms with Gasteiger partial charge in [-0.3, -0.25) is 14.3 Å². The monoisotopic (exact) mass is 591 g/mol. The number of carbonyl (C=O) groups excluding carboxylic acids is 1. The molecule has 1 rings (SSSR count). The summed E-state index contributed by atoms with van der Waals surface area (Å²) >= 11 is 0. The van der Waals surface area contributed by atoms with Gasteiger partial charge in [-0.1, -0.05) is 19.3 Å². The highest BCUT2D eigenvalue weighted by molar-refractivity contribution is 5.84. The first-order valence-electron chi connectivity index (χ1n) is 9.48. The molecule has 1 amide bonds. The molecule has 0 aromatic rings. The fraction of sp³-hybridized carbons (Fsp3) is 0.938. The Hall–Kier alpha value is -1.80. The van der Waals surface area contributed by atoms with Gasteiger partial charge in [0.2, 0.25) is 0 Å². The van der Waals surface area contributed by atoms with E-state index in [1.807, 2.05) is 0 Å². The van der Waals surface area contributed by atoms with Gasteiger partial charge in [-0.25, -0.2) is 0 Å². The summed E-state index contributed by atoms with van der Waals surface area (Å²) in [5, 5.41) is 0. The molecule has 0 radical (unpaired) electrons. The minimum absolute atomic E-state index is 0.183. The van der Waals surface area contributed by atoms with E-state index in [1.54, 1.807) is 0 Å². The van der Waals surface area contributed by atoms with Crippen LogP contribution in [0.2, 0.25) is 0 Å². The van der Waals surface area contributed by atoms with Crippen LogP contribution in [-0.4, -0.2) is 72.3 Å². The Balaban J connectivity index is 3.60. The van der Waals surface area contributed by atoms with E-state index < -0.39 is 60.3 Å². The molecule has 1 aliphatic carbocycles. The van der Waals surface area contributed by atoms with E-state index in [1.165, 1.54) is 4.74 Å². The normalized spacial score (nSPS) is 20.8. The molecule has 1 aliphatic rings. The predicted octanol–water partition coefficient (Wildman–Crippen LogP) is 6.65. The quantitative estimate of drug-likeness (QED) is 0.297. The number of hydrogen-bond acceptors (Lipinski definition) is 3. The van der Waals surface area contributed by atoms with Crippen LogP contribution in [0.1, 0.15) is 32.1 Å².